The molecule has 0 saturated carbocycles. The second-order valence-corrected chi connectivity index (χ2v) is 5.34. The van der Waals surface area contributed by atoms with Gasteiger partial charge in [0.15, 0.2) is 0 Å². The lowest BCUT2D eigenvalue weighted by Gasteiger charge is -2.10. The van der Waals surface area contributed by atoms with E-state index in [0.717, 1.165) is 11.8 Å². The van der Waals surface area contributed by atoms with Crippen LogP contribution in [0.4, 0.5) is 19.0 Å². The zero-order chi connectivity index (χ0) is 15.5. The summed E-state index contributed by atoms with van der Waals surface area (Å²) in [6.07, 6.45) is -3.19. The number of alkyl halides is 3. The van der Waals surface area contributed by atoms with Crippen LogP contribution in [0.15, 0.2) is 34.4 Å². The molecule has 0 fully saturated rings. The van der Waals surface area contributed by atoms with Crippen LogP contribution in [0.1, 0.15) is 12.7 Å². The van der Waals surface area contributed by atoms with Crippen LogP contribution >= 0.6 is 23.4 Å². The summed E-state index contributed by atoms with van der Waals surface area (Å²) in [5.41, 5.74) is 0. The van der Waals surface area contributed by atoms with Crippen molar-refractivity contribution in [1.82, 2.24) is 15.0 Å². The maximum absolute atomic E-state index is 12.8. The van der Waals surface area contributed by atoms with E-state index in [-0.39, 0.29) is 10.8 Å². The summed E-state index contributed by atoms with van der Waals surface area (Å²) in [6.45, 7) is 2.22. The first-order chi connectivity index (χ1) is 9.88. The number of anilines is 1. The first-order valence-electron chi connectivity index (χ1n) is 5.88. The molecule has 0 radical (unpaired) electrons. The highest BCUT2D eigenvalue weighted by molar-refractivity contribution is 7.99. The monoisotopic (exact) mass is 334 g/mol. The van der Waals surface area contributed by atoms with Crippen LogP contribution in [0.3, 0.4) is 0 Å². The minimum absolute atomic E-state index is 0.122. The molecule has 0 amide bonds. The van der Waals surface area contributed by atoms with Gasteiger partial charge in [0.25, 0.3) is 0 Å². The Hall–Kier alpha value is -1.54. The van der Waals surface area contributed by atoms with Crippen LogP contribution in [0, 0.1) is 0 Å². The first kappa shape index (κ1) is 15.8. The molecule has 0 atom stereocenters. The number of nitrogens with zero attached hydrogens (tertiary/aromatic N) is 3. The maximum atomic E-state index is 12.8. The minimum atomic E-state index is -4.60. The van der Waals surface area contributed by atoms with Crippen molar-refractivity contribution in [3.05, 3.63) is 35.2 Å². The van der Waals surface area contributed by atoms with E-state index in [2.05, 4.69) is 20.3 Å². The maximum Gasteiger partial charge on any atom is 0.451 e. The molecule has 0 aliphatic rings. The molecule has 0 aromatic carbocycles. The summed E-state index contributed by atoms with van der Waals surface area (Å²) >= 11 is 6.72. The third-order valence-corrected chi connectivity index (χ3v) is 3.32. The molecule has 9 heteroatoms. The summed E-state index contributed by atoms with van der Waals surface area (Å²) in [5, 5.41) is 3.85. The van der Waals surface area contributed by atoms with E-state index in [9.17, 15) is 13.2 Å². The third-order valence-electron chi connectivity index (χ3n) is 2.22. The average molecular weight is 335 g/mol. The molecule has 0 unspecified atom stereocenters. The minimum Gasteiger partial charge on any atom is -0.370 e. The standard InChI is InChI=1S/C12H10ClF3N4S/c1-2-17-8-5-10(20-11(19-8)12(14,15)16)21-9-4-3-7(13)6-18-9/h3-6H,2H2,1H3,(H,17,19,20). The van der Waals surface area contributed by atoms with Crippen molar-refractivity contribution < 1.29 is 13.2 Å². The Kier molecular flexibility index (Phi) is 4.89. The second kappa shape index (κ2) is 6.48. The van der Waals surface area contributed by atoms with Crippen LogP contribution in [-0.4, -0.2) is 21.5 Å². The SMILES string of the molecule is CCNc1cc(Sc2ccc(Cl)cn2)nc(C(F)(F)F)n1. The van der Waals surface area contributed by atoms with Gasteiger partial charge in [-0.15, -0.1) is 0 Å². The van der Waals surface area contributed by atoms with Crippen LogP contribution in [0.25, 0.3) is 0 Å². The zero-order valence-corrected chi connectivity index (χ0v) is 12.4. The highest BCUT2D eigenvalue weighted by Crippen LogP contribution is 2.31. The molecule has 2 rings (SSSR count). The van der Waals surface area contributed by atoms with Crippen molar-refractivity contribution in [2.24, 2.45) is 0 Å². The van der Waals surface area contributed by atoms with Crippen molar-refractivity contribution in [3.63, 3.8) is 0 Å². The summed E-state index contributed by atoms with van der Waals surface area (Å²) < 4.78 is 38.4. The van der Waals surface area contributed by atoms with E-state index in [0.29, 0.717) is 16.6 Å². The average Bonchev–Trinajstić information content (AvgIpc) is 2.41. The van der Waals surface area contributed by atoms with Gasteiger partial charge in [-0.1, -0.05) is 11.6 Å². The summed E-state index contributed by atoms with van der Waals surface area (Å²) in [7, 11) is 0. The van der Waals surface area contributed by atoms with Gasteiger partial charge >= 0.3 is 6.18 Å². The van der Waals surface area contributed by atoms with Gasteiger partial charge < -0.3 is 5.32 Å². The zero-order valence-electron chi connectivity index (χ0n) is 10.8. The van der Waals surface area contributed by atoms with Crippen molar-refractivity contribution in [2.75, 3.05) is 11.9 Å². The first-order valence-corrected chi connectivity index (χ1v) is 7.07. The molecule has 0 spiro atoms. The van der Waals surface area contributed by atoms with Crippen molar-refractivity contribution in [3.8, 4) is 0 Å². The molecule has 4 nitrogen and oxygen atoms in total. The summed E-state index contributed by atoms with van der Waals surface area (Å²) in [6, 6.07) is 4.66. The Morgan fingerprint density at radius 1 is 1.24 bits per heavy atom. The fraction of sp³-hybridized carbons (Fsp3) is 0.250. The molecule has 2 heterocycles. The Labute approximate surface area is 128 Å². The molecular formula is C12H10ClF3N4S. The van der Waals surface area contributed by atoms with E-state index in [1.54, 1.807) is 19.1 Å². The number of rotatable bonds is 4. The fourth-order valence-corrected chi connectivity index (χ4v) is 2.28. The van der Waals surface area contributed by atoms with Gasteiger partial charge in [0.05, 0.1) is 5.02 Å². The third kappa shape index (κ3) is 4.47. The number of hydrogen-bond acceptors (Lipinski definition) is 5. The van der Waals surface area contributed by atoms with Gasteiger partial charge in [0.2, 0.25) is 5.82 Å². The van der Waals surface area contributed by atoms with Gasteiger partial charge in [-0.2, -0.15) is 13.2 Å². The van der Waals surface area contributed by atoms with Crippen LogP contribution in [0.2, 0.25) is 5.02 Å². The van der Waals surface area contributed by atoms with Gasteiger partial charge in [0, 0.05) is 18.8 Å². The Balaban J connectivity index is 2.33. The lowest BCUT2D eigenvalue weighted by molar-refractivity contribution is -0.145. The quantitative estimate of drug-likeness (QED) is 0.852. The number of pyridine rings is 1. The van der Waals surface area contributed by atoms with Gasteiger partial charge in [-0.05, 0) is 30.8 Å². The van der Waals surface area contributed by atoms with Gasteiger partial charge in [-0.25, -0.2) is 15.0 Å². The number of nitrogens with one attached hydrogen (secondary N) is 1. The van der Waals surface area contributed by atoms with Crippen molar-refractivity contribution in [2.45, 2.75) is 23.2 Å². The predicted octanol–water partition coefficient (Wildman–Crippen LogP) is 4.13. The molecule has 1 N–H and O–H groups in total. The highest BCUT2D eigenvalue weighted by atomic mass is 35.5. The molecule has 112 valence electrons. The number of halogens is 4. The van der Waals surface area contributed by atoms with Crippen molar-refractivity contribution in [1.29, 1.82) is 0 Å². The lowest BCUT2D eigenvalue weighted by Crippen LogP contribution is -2.13. The van der Waals surface area contributed by atoms with Crippen LogP contribution in [-0.2, 0) is 6.18 Å². The normalized spacial score (nSPS) is 11.5. The molecular weight excluding hydrogens is 325 g/mol. The highest BCUT2D eigenvalue weighted by Gasteiger charge is 2.35. The van der Waals surface area contributed by atoms with E-state index in [1.165, 1.54) is 12.3 Å². The van der Waals surface area contributed by atoms with Crippen LogP contribution < -0.4 is 5.32 Å². The molecule has 0 bridgehead atoms. The molecule has 0 aliphatic heterocycles. The second-order valence-electron chi connectivity index (χ2n) is 3.86. The molecule has 21 heavy (non-hydrogen) atoms. The largest absolute Gasteiger partial charge is 0.451 e. The lowest BCUT2D eigenvalue weighted by atomic mass is 10.5. The van der Waals surface area contributed by atoms with E-state index >= 15 is 0 Å². The number of hydrogen-bond donors (Lipinski definition) is 1. The molecule has 0 saturated heterocycles. The van der Waals surface area contributed by atoms with Crippen molar-refractivity contribution >= 4 is 29.2 Å². The topological polar surface area (TPSA) is 50.7 Å². The smallest absolute Gasteiger partial charge is 0.370 e. The van der Waals surface area contributed by atoms with Gasteiger partial charge in [0.1, 0.15) is 15.9 Å². The molecule has 2 aromatic rings. The van der Waals surface area contributed by atoms with Gasteiger partial charge in [-0.3, -0.25) is 0 Å². The van der Waals surface area contributed by atoms with Crippen LogP contribution in [0.5, 0.6) is 0 Å². The Bertz CT molecular complexity index is 619. The summed E-state index contributed by atoms with van der Waals surface area (Å²) in [5.74, 6) is -1.06. The summed E-state index contributed by atoms with van der Waals surface area (Å²) in [4.78, 5) is 11.0. The van der Waals surface area contributed by atoms with E-state index in [4.69, 9.17) is 11.6 Å². The van der Waals surface area contributed by atoms with E-state index in [1.807, 2.05) is 0 Å². The van der Waals surface area contributed by atoms with E-state index < -0.39 is 12.0 Å². The number of aromatic nitrogens is 3. The Morgan fingerprint density at radius 2 is 2.00 bits per heavy atom. The Morgan fingerprint density at radius 3 is 2.57 bits per heavy atom. The molecule has 2 aromatic heterocycles. The predicted molar refractivity (Wildman–Crippen MR) is 74.6 cm³/mol. The fourth-order valence-electron chi connectivity index (χ4n) is 1.41. The molecule has 0 aliphatic carbocycles.